The molecule has 4 heteroatoms. The summed E-state index contributed by atoms with van der Waals surface area (Å²) in [5.74, 6) is 0. The molecule has 0 bridgehead atoms. The number of aromatic nitrogens is 1. The lowest BCUT2D eigenvalue weighted by atomic mass is 9.71. The molecular weight excluding hydrogens is 238 g/mol. The number of nitrogens with zero attached hydrogens (tertiary/aromatic N) is 1. The maximum absolute atomic E-state index is 5.55. The van der Waals surface area contributed by atoms with Crippen molar-refractivity contribution in [3.05, 3.63) is 24.0 Å². The average Bonchev–Trinajstić information content (AvgIpc) is 2.89. The number of piperazine rings is 1. The number of ether oxygens (including phenoxy) is 1. The van der Waals surface area contributed by atoms with Crippen LogP contribution in [0.1, 0.15) is 25.8 Å². The minimum atomic E-state index is 0.217. The molecule has 19 heavy (non-hydrogen) atoms. The van der Waals surface area contributed by atoms with E-state index in [1.807, 2.05) is 6.20 Å². The van der Waals surface area contributed by atoms with Crippen molar-refractivity contribution in [1.82, 2.24) is 15.2 Å². The summed E-state index contributed by atoms with van der Waals surface area (Å²) in [4.78, 5) is 5.81. The minimum absolute atomic E-state index is 0.217. The fraction of sp³-hybridized carbons (Fsp3) is 0.733. The monoisotopic (exact) mass is 263 g/mol. The van der Waals surface area contributed by atoms with Gasteiger partial charge >= 0.3 is 0 Å². The van der Waals surface area contributed by atoms with Crippen molar-refractivity contribution in [2.75, 3.05) is 39.4 Å². The summed E-state index contributed by atoms with van der Waals surface area (Å²) in [5, 5.41) is 3.43. The van der Waals surface area contributed by atoms with Gasteiger partial charge in [-0.25, -0.2) is 0 Å². The molecule has 0 amide bonds. The summed E-state index contributed by atoms with van der Waals surface area (Å²) >= 11 is 0. The molecule has 0 aliphatic carbocycles. The maximum atomic E-state index is 5.55. The lowest BCUT2D eigenvalue weighted by Gasteiger charge is -2.50. The van der Waals surface area contributed by atoms with Gasteiger partial charge in [-0.3, -0.25) is 4.90 Å². The Hall–Kier alpha value is -0.840. The molecule has 0 unspecified atom stereocenters. The number of hydrogen-bond acceptors (Lipinski definition) is 3. The predicted molar refractivity (Wildman–Crippen MR) is 76.4 cm³/mol. The molecule has 106 valence electrons. The molecule has 3 heterocycles. The highest BCUT2D eigenvalue weighted by Gasteiger charge is 2.46. The van der Waals surface area contributed by atoms with Gasteiger partial charge in [0, 0.05) is 49.5 Å². The molecule has 0 aromatic carbocycles. The van der Waals surface area contributed by atoms with E-state index in [-0.39, 0.29) is 11.0 Å². The maximum Gasteiger partial charge on any atom is 0.0586 e. The first-order valence-corrected chi connectivity index (χ1v) is 7.29. The zero-order chi connectivity index (χ0) is 13.3. The molecule has 0 spiro atoms. The highest BCUT2D eigenvalue weighted by molar-refractivity contribution is 5.26. The number of H-pyrrole nitrogens is 1. The number of aromatic amines is 1. The third kappa shape index (κ3) is 2.45. The van der Waals surface area contributed by atoms with Crippen molar-refractivity contribution in [1.29, 1.82) is 0 Å². The molecule has 2 aliphatic rings. The summed E-state index contributed by atoms with van der Waals surface area (Å²) in [6.45, 7) is 11.0. The Morgan fingerprint density at radius 2 is 2.05 bits per heavy atom. The summed E-state index contributed by atoms with van der Waals surface area (Å²) in [5.41, 5.74) is 1.85. The first kappa shape index (κ1) is 13.2. The zero-order valence-electron chi connectivity index (χ0n) is 12.0. The van der Waals surface area contributed by atoms with Gasteiger partial charge in [-0.2, -0.15) is 0 Å². The van der Waals surface area contributed by atoms with Crippen LogP contribution >= 0.6 is 0 Å². The van der Waals surface area contributed by atoms with Gasteiger partial charge in [-0.1, -0.05) is 0 Å². The van der Waals surface area contributed by atoms with E-state index in [0.29, 0.717) is 0 Å². The Kier molecular flexibility index (Phi) is 3.41. The van der Waals surface area contributed by atoms with Crippen LogP contribution in [0.2, 0.25) is 0 Å². The molecule has 0 atom stereocenters. The first-order chi connectivity index (χ1) is 9.12. The van der Waals surface area contributed by atoms with Crippen LogP contribution in [0.3, 0.4) is 0 Å². The van der Waals surface area contributed by atoms with Crippen LogP contribution in [0.25, 0.3) is 0 Å². The van der Waals surface area contributed by atoms with Crippen LogP contribution in [0, 0.1) is 0 Å². The molecule has 2 N–H and O–H groups in total. The van der Waals surface area contributed by atoms with Crippen LogP contribution < -0.4 is 5.32 Å². The van der Waals surface area contributed by atoms with Gasteiger partial charge in [0.05, 0.1) is 13.2 Å². The summed E-state index contributed by atoms with van der Waals surface area (Å²) in [6, 6.07) is 2.20. The molecule has 2 saturated heterocycles. The average molecular weight is 263 g/mol. The number of nitrogens with one attached hydrogen (secondary N) is 2. The molecule has 2 fully saturated rings. The highest BCUT2D eigenvalue weighted by Crippen LogP contribution is 2.41. The zero-order valence-corrected chi connectivity index (χ0v) is 12.0. The molecule has 1 aromatic rings. The Balaban J connectivity index is 1.75. The lowest BCUT2D eigenvalue weighted by molar-refractivity contribution is -0.0871. The van der Waals surface area contributed by atoms with Crippen LogP contribution in [-0.2, 0) is 10.2 Å². The van der Waals surface area contributed by atoms with Gasteiger partial charge < -0.3 is 15.0 Å². The van der Waals surface area contributed by atoms with Crippen molar-refractivity contribution in [3.63, 3.8) is 0 Å². The Bertz CT molecular complexity index is 403. The number of hydrogen-bond donors (Lipinski definition) is 2. The lowest BCUT2D eigenvalue weighted by Crippen LogP contribution is -2.59. The van der Waals surface area contributed by atoms with E-state index < -0.39 is 0 Å². The van der Waals surface area contributed by atoms with Crippen molar-refractivity contribution < 1.29 is 4.74 Å². The second-order valence-corrected chi connectivity index (χ2v) is 6.60. The Morgan fingerprint density at radius 3 is 2.58 bits per heavy atom. The van der Waals surface area contributed by atoms with Crippen molar-refractivity contribution >= 4 is 0 Å². The van der Waals surface area contributed by atoms with Gasteiger partial charge in [-0.15, -0.1) is 0 Å². The van der Waals surface area contributed by atoms with Crippen molar-refractivity contribution in [2.24, 2.45) is 0 Å². The first-order valence-electron chi connectivity index (χ1n) is 7.29. The Labute approximate surface area is 115 Å². The summed E-state index contributed by atoms with van der Waals surface area (Å²) < 4.78 is 5.55. The predicted octanol–water partition coefficient (Wildman–Crippen LogP) is 1.36. The smallest absolute Gasteiger partial charge is 0.0586 e. The molecule has 0 saturated carbocycles. The third-order valence-corrected chi connectivity index (χ3v) is 4.71. The van der Waals surface area contributed by atoms with Crippen LogP contribution in [0.4, 0.5) is 0 Å². The number of rotatable bonds is 4. The largest absolute Gasteiger partial charge is 0.379 e. The SMILES string of the molecule is CC(C)(CC1(c2cc[nH]c2)COC1)N1CCNCC1. The van der Waals surface area contributed by atoms with Crippen molar-refractivity contribution in [3.8, 4) is 0 Å². The van der Waals surface area contributed by atoms with Gasteiger partial charge in [0.25, 0.3) is 0 Å². The van der Waals surface area contributed by atoms with Gasteiger partial charge in [0.2, 0.25) is 0 Å². The molecule has 0 radical (unpaired) electrons. The van der Waals surface area contributed by atoms with E-state index in [1.165, 1.54) is 5.56 Å². The van der Waals surface area contributed by atoms with E-state index in [9.17, 15) is 0 Å². The molecular formula is C15H25N3O. The van der Waals surface area contributed by atoms with E-state index in [1.54, 1.807) is 0 Å². The second-order valence-electron chi connectivity index (χ2n) is 6.60. The topological polar surface area (TPSA) is 40.3 Å². The van der Waals surface area contributed by atoms with Crippen LogP contribution in [0.15, 0.2) is 18.5 Å². The van der Waals surface area contributed by atoms with Gasteiger partial charge in [0.15, 0.2) is 0 Å². The van der Waals surface area contributed by atoms with E-state index in [4.69, 9.17) is 4.74 Å². The van der Waals surface area contributed by atoms with E-state index in [2.05, 4.69) is 41.3 Å². The molecule has 2 aliphatic heterocycles. The summed E-state index contributed by atoms with van der Waals surface area (Å²) in [7, 11) is 0. The van der Waals surface area contributed by atoms with Crippen LogP contribution in [-0.4, -0.2) is 54.8 Å². The normalized spacial score (nSPS) is 24.1. The van der Waals surface area contributed by atoms with E-state index >= 15 is 0 Å². The second kappa shape index (κ2) is 4.93. The fourth-order valence-electron chi connectivity index (χ4n) is 3.58. The van der Waals surface area contributed by atoms with Crippen molar-refractivity contribution in [2.45, 2.75) is 31.2 Å². The third-order valence-electron chi connectivity index (χ3n) is 4.71. The van der Waals surface area contributed by atoms with Gasteiger partial charge in [0.1, 0.15) is 0 Å². The molecule has 4 nitrogen and oxygen atoms in total. The standard InChI is InChI=1S/C15H25N3O/c1-14(2,18-7-5-16-6-8-18)10-15(11-19-12-15)13-3-4-17-9-13/h3-4,9,16-17H,5-8,10-12H2,1-2H3. The van der Waals surface area contributed by atoms with E-state index in [0.717, 1.165) is 45.8 Å². The van der Waals surface area contributed by atoms with Gasteiger partial charge in [-0.05, 0) is 31.9 Å². The fourth-order valence-corrected chi connectivity index (χ4v) is 3.58. The highest BCUT2D eigenvalue weighted by atomic mass is 16.5. The quantitative estimate of drug-likeness (QED) is 0.861. The molecule has 1 aromatic heterocycles. The Morgan fingerprint density at radius 1 is 1.32 bits per heavy atom. The minimum Gasteiger partial charge on any atom is -0.379 e. The molecule has 3 rings (SSSR count). The summed E-state index contributed by atoms with van der Waals surface area (Å²) in [6.07, 6.45) is 5.32. The van der Waals surface area contributed by atoms with Crippen LogP contribution in [0.5, 0.6) is 0 Å².